The third kappa shape index (κ3) is 2.65. The number of halogens is 1. The Balaban J connectivity index is 1.87. The summed E-state index contributed by atoms with van der Waals surface area (Å²) in [6.45, 7) is 0.782. The van der Waals surface area contributed by atoms with Gasteiger partial charge in [-0.2, -0.15) is 4.31 Å². The van der Waals surface area contributed by atoms with Gasteiger partial charge in [0.25, 0.3) is 0 Å². The molecule has 1 aliphatic rings. The van der Waals surface area contributed by atoms with Crippen molar-refractivity contribution in [3.8, 4) is 0 Å². The monoisotopic (exact) mass is 357 g/mol. The number of hydrogen-bond acceptors (Lipinski definition) is 3. The first-order valence-corrected chi connectivity index (χ1v) is 9.34. The van der Waals surface area contributed by atoms with Crippen LogP contribution >= 0.6 is 0 Å². The highest BCUT2D eigenvalue weighted by atomic mass is 32.2. The maximum Gasteiger partial charge on any atom is 0.246 e. The van der Waals surface area contributed by atoms with E-state index in [1.54, 1.807) is 18.5 Å². The van der Waals surface area contributed by atoms with Crippen molar-refractivity contribution in [2.75, 3.05) is 6.54 Å². The van der Waals surface area contributed by atoms with Crippen LogP contribution in [0.5, 0.6) is 0 Å². The van der Waals surface area contributed by atoms with Gasteiger partial charge in [0.1, 0.15) is 10.7 Å². The van der Waals surface area contributed by atoms with Crippen molar-refractivity contribution >= 4 is 10.0 Å². The van der Waals surface area contributed by atoms with Crippen LogP contribution in [-0.4, -0.2) is 28.8 Å². The fourth-order valence-corrected chi connectivity index (χ4v) is 4.92. The van der Waals surface area contributed by atoms with Crippen molar-refractivity contribution in [1.29, 1.82) is 0 Å². The van der Waals surface area contributed by atoms with Gasteiger partial charge < -0.3 is 4.57 Å². The van der Waals surface area contributed by atoms with E-state index in [-0.39, 0.29) is 11.4 Å². The van der Waals surface area contributed by atoms with Crippen LogP contribution in [0.3, 0.4) is 0 Å². The Hall–Kier alpha value is -2.51. The normalized spacial score (nSPS) is 18.0. The van der Waals surface area contributed by atoms with E-state index in [4.69, 9.17) is 0 Å². The third-order valence-corrected chi connectivity index (χ3v) is 6.32. The van der Waals surface area contributed by atoms with Crippen molar-refractivity contribution < 1.29 is 12.8 Å². The van der Waals surface area contributed by atoms with Crippen LogP contribution < -0.4 is 0 Å². The Kier molecular flexibility index (Phi) is 3.89. The molecule has 3 aromatic rings. The van der Waals surface area contributed by atoms with E-state index in [0.717, 1.165) is 11.3 Å². The smallest absolute Gasteiger partial charge is 0.246 e. The first-order valence-electron chi connectivity index (χ1n) is 7.90. The summed E-state index contributed by atoms with van der Waals surface area (Å²) in [5.74, 6) is -0.742. The molecule has 0 aliphatic carbocycles. The molecular formula is C18H16FN3O2S. The SMILES string of the molecule is O=S(=O)(c1ccccc1F)N1CCn2cccc2C1c1cccnc1. The lowest BCUT2D eigenvalue weighted by molar-refractivity contribution is 0.297. The lowest BCUT2D eigenvalue weighted by Crippen LogP contribution is -2.42. The van der Waals surface area contributed by atoms with Gasteiger partial charge in [-0.25, -0.2) is 12.8 Å². The van der Waals surface area contributed by atoms with Gasteiger partial charge in [-0.15, -0.1) is 0 Å². The van der Waals surface area contributed by atoms with Crippen LogP contribution in [0.25, 0.3) is 0 Å². The minimum atomic E-state index is -3.99. The van der Waals surface area contributed by atoms with E-state index in [9.17, 15) is 12.8 Å². The predicted octanol–water partition coefficient (Wildman–Crippen LogP) is 2.82. The van der Waals surface area contributed by atoms with E-state index in [2.05, 4.69) is 4.98 Å². The van der Waals surface area contributed by atoms with Gasteiger partial charge in [-0.1, -0.05) is 18.2 Å². The molecule has 1 atom stereocenters. The number of nitrogens with zero attached hydrogens (tertiary/aromatic N) is 3. The summed E-state index contributed by atoms with van der Waals surface area (Å²) < 4.78 is 43.9. The largest absolute Gasteiger partial charge is 0.348 e. The van der Waals surface area contributed by atoms with Crippen molar-refractivity contribution in [3.63, 3.8) is 0 Å². The molecule has 0 bridgehead atoms. The lowest BCUT2D eigenvalue weighted by Gasteiger charge is -2.36. The molecule has 0 saturated carbocycles. The van der Waals surface area contributed by atoms with Crippen molar-refractivity contribution in [2.24, 2.45) is 0 Å². The van der Waals surface area contributed by atoms with Crippen molar-refractivity contribution in [2.45, 2.75) is 17.5 Å². The highest BCUT2D eigenvalue weighted by molar-refractivity contribution is 7.89. The molecule has 0 radical (unpaired) electrons. The number of benzene rings is 1. The molecule has 7 heteroatoms. The molecule has 128 valence electrons. The van der Waals surface area contributed by atoms with Crippen LogP contribution in [0.15, 0.2) is 72.0 Å². The minimum Gasteiger partial charge on any atom is -0.348 e. The van der Waals surface area contributed by atoms with Crippen molar-refractivity contribution in [3.05, 3.63) is 84.2 Å². The predicted molar refractivity (Wildman–Crippen MR) is 90.8 cm³/mol. The quantitative estimate of drug-likeness (QED) is 0.724. The topological polar surface area (TPSA) is 55.2 Å². The van der Waals surface area contributed by atoms with E-state index >= 15 is 0 Å². The second-order valence-corrected chi connectivity index (χ2v) is 7.72. The summed E-state index contributed by atoms with van der Waals surface area (Å²) in [4.78, 5) is 3.82. The highest BCUT2D eigenvalue weighted by Crippen LogP contribution is 2.36. The van der Waals surface area contributed by atoms with E-state index < -0.39 is 21.9 Å². The molecule has 5 nitrogen and oxygen atoms in total. The zero-order valence-electron chi connectivity index (χ0n) is 13.3. The highest BCUT2D eigenvalue weighted by Gasteiger charge is 2.38. The second-order valence-electron chi connectivity index (χ2n) is 5.86. The maximum atomic E-state index is 14.2. The molecule has 0 spiro atoms. The average molecular weight is 357 g/mol. The standard InChI is InChI=1S/C18H16FN3O2S/c19-15-6-1-2-8-17(15)25(23,24)22-12-11-21-10-4-7-16(21)18(22)14-5-3-9-20-13-14/h1-10,13,18H,11-12H2. The zero-order valence-corrected chi connectivity index (χ0v) is 14.1. The zero-order chi connectivity index (χ0) is 17.4. The molecule has 1 unspecified atom stereocenters. The second kappa shape index (κ2) is 6.09. The van der Waals surface area contributed by atoms with Crippen LogP contribution in [0, 0.1) is 5.82 Å². The maximum absolute atomic E-state index is 14.2. The summed E-state index contributed by atoms with van der Waals surface area (Å²) >= 11 is 0. The van der Waals surface area contributed by atoms with Gasteiger partial charge in [-0.05, 0) is 35.9 Å². The molecular weight excluding hydrogens is 341 g/mol. The van der Waals surface area contributed by atoms with Crippen LogP contribution in [0.2, 0.25) is 0 Å². The average Bonchev–Trinajstić information content (AvgIpc) is 3.10. The van der Waals surface area contributed by atoms with Crippen LogP contribution in [0.1, 0.15) is 17.3 Å². The van der Waals surface area contributed by atoms with Gasteiger partial charge in [0.2, 0.25) is 10.0 Å². The molecule has 0 saturated heterocycles. The molecule has 1 aromatic carbocycles. The van der Waals surface area contributed by atoms with E-state index in [1.807, 2.05) is 29.0 Å². The Labute approximate surface area is 145 Å². The lowest BCUT2D eigenvalue weighted by atomic mass is 10.0. The molecule has 4 rings (SSSR count). The third-order valence-electron chi connectivity index (χ3n) is 4.42. The molecule has 0 fully saturated rings. The molecule has 25 heavy (non-hydrogen) atoms. The van der Waals surface area contributed by atoms with Gasteiger partial charge in [0.05, 0.1) is 6.04 Å². The number of sulfonamides is 1. The van der Waals surface area contributed by atoms with Gasteiger partial charge in [0.15, 0.2) is 0 Å². The van der Waals surface area contributed by atoms with E-state index in [0.29, 0.717) is 6.54 Å². The van der Waals surface area contributed by atoms with Crippen LogP contribution in [0.4, 0.5) is 4.39 Å². The number of pyridine rings is 1. The Morgan fingerprint density at radius 2 is 1.88 bits per heavy atom. The Morgan fingerprint density at radius 1 is 1.04 bits per heavy atom. The first kappa shape index (κ1) is 16.0. The molecule has 0 N–H and O–H groups in total. The number of fused-ring (bicyclic) bond motifs is 1. The fraction of sp³-hybridized carbons (Fsp3) is 0.167. The Morgan fingerprint density at radius 3 is 2.64 bits per heavy atom. The molecule has 3 heterocycles. The Bertz CT molecular complexity index is 1000. The minimum absolute atomic E-state index is 0.262. The summed E-state index contributed by atoms with van der Waals surface area (Å²) in [5.41, 5.74) is 1.60. The van der Waals surface area contributed by atoms with Gasteiger partial charge in [0, 0.05) is 37.4 Å². The number of hydrogen-bond donors (Lipinski definition) is 0. The fourth-order valence-electron chi connectivity index (χ4n) is 3.28. The molecule has 2 aromatic heterocycles. The number of aromatic nitrogens is 2. The summed E-state index contributed by atoms with van der Waals surface area (Å²) in [6, 6.07) is 12.3. The number of rotatable bonds is 3. The summed E-state index contributed by atoms with van der Waals surface area (Å²) in [6.07, 6.45) is 5.21. The molecule has 0 amide bonds. The summed E-state index contributed by atoms with van der Waals surface area (Å²) in [7, 11) is -3.99. The molecule has 1 aliphatic heterocycles. The van der Waals surface area contributed by atoms with Gasteiger partial charge in [-0.3, -0.25) is 4.98 Å². The van der Waals surface area contributed by atoms with Gasteiger partial charge >= 0.3 is 0 Å². The first-order chi connectivity index (χ1) is 12.1. The van der Waals surface area contributed by atoms with Crippen LogP contribution in [-0.2, 0) is 16.6 Å². The van der Waals surface area contributed by atoms with E-state index in [1.165, 1.54) is 28.6 Å². The van der Waals surface area contributed by atoms with Crippen molar-refractivity contribution in [1.82, 2.24) is 13.9 Å². The summed E-state index contributed by atoms with van der Waals surface area (Å²) in [5, 5.41) is 0.